The average Bonchev–Trinajstić information content (AvgIpc) is 2.42. The third-order valence-corrected chi connectivity index (χ3v) is 5.98. The lowest BCUT2D eigenvalue weighted by Crippen LogP contribution is -2.61. The lowest BCUT2D eigenvalue weighted by atomic mass is 9.52. The fourth-order valence-electron chi connectivity index (χ4n) is 5.38. The molecule has 0 spiro atoms. The van der Waals surface area contributed by atoms with Crippen molar-refractivity contribution in [2.45, 2.75) is 56.7 Å². The smallest absolute Gasteiger partial charge is 0.0657 e. The molecule has 6 atom stereocenters. The molecule has 0 heterocycles. The molecule has 4 saturated carbocycles. The van der Waals surface area contributed by atoms with Gasteiger partial charge in [0.05, 0.1) is 5.60 Å². The van der Waals surface area contributed by atoms with E-state index in [0.717, 1.165) is 25.2 Å². The molecule has 1 aromatic rings. The van der Waals surface area contributed by atoms with Crippen LogP contribution in [0, 0.1) is 17.8 Å². The summed E-state index contributed by atoms with van der Waals surface area (Å²) in [5, 5.41) is 14.5. The van der Waals surface area contributed by atoms with E-state index in [2.05, 4.69) is 42.6 Å². The maximum Gasteiger partial charge on any atom is 0.0657 e. The van der Waals surface area contributed by atoms with E-state index < -0.39 is 0 Å². The van der Waals surface area contributed by atoms with Gasteiger partial charge in [0.2, 0.25) is 0 Å². The first kappa shape index (κ1) is 12.8. The van der Waals surface area contributed by atoms with E-state index in [1.54, 1.807) is 0 Å². The van der Waals surface area contributed by atoms with Crippen LogP contribution in [0.3, 0.4) is 0 Å². The summed E-state index contributed by atoms with van der Waals surface area (Å²) in [6.45, 7) is 2.27. The van der Waals surface area contributed by atoms with E-state index in [-0.39, 0.29) is 5.60 Å². The van der Waals surface area contributed by atoms with Gasteiger partial charge in [0.1, 0.15) is 0 Å². The number of hydrogen-bond acceptors (Lipinski definition) is 2. The van der Waals surface area contributed by atoms with Gasteiger partial charge in [-0.3, -0.25) is 0 Å². The topological polar surface area (TPSA) is 32.3 Å². The van der Waals surface area contributed by atoms with Gasteiger partial charge in [-0.1, -0.05) is 30.3 Å². The highest BCUT2D eigenvalue weighted by molar-refractivity contribution is 5.19. The monoisotopic (exact) mass is 271 g/mol. The van der Waals surface area contributed by atoms with Crippen molar-refractivity contribution in [3.05, 3.63) is 35.9 Å². The zero-order chi connectivity index (χ0) is 13.7. The summed E-state index contributed by atoms with van der Waals surface area (Å²) in [5.74, 6) is 2.18. The molecule has 5 rings (SSSR count). The number of rotatable bonds is 3. The molecule has 4 aliphatic rings. The number of benzene rings is 1. The van der Waals surface area contributed by atoms with E-state index in [4.69, 9.17) is 0 Å². The minimum Gasteiger partial charge on any atom is -0.390 e. The zero-order valence-corrected chi connectivity index (χ0v) is 12.3. The molecule has 0 amide bonds. The largest absolute Gasteiger partial charge is 0.390 e. The SMILES string of the molecule is C[C@H](N[C@H]1[C@@H]2CC3C[C@H]1C[C@@](O)(C3)C2)c1ccccc1. The lowest BCUT2D eigenvalue weighted by Gasteiger charge is -2.58. The first-order valence-electron chi connectivity index (χ1n) is 8.16. The Hall–Kier alpha value is -0.860. The predicted molar refractivity (Wildman–Crippen MR) is 80.3 cm³/mol. The maximum absolute atomic E-state index is 10.6. The Balaban J connectivity index is 1.50. The van der Waals surface area contributed by atoms with Crippen LogP contribution in [0.2, 0.25) is 0 Å². The van der Waals surface area contributed by atoms with Crippen LogP contribution in [-0.4, -0.2) is 16.7 Å². The van der Waals surface area contributed by atoms with Gasteiger partial charge in [0.15, 0.2) is 0 Å². The average molecular weight is 271 g/mol. The Bertz CT molecular complexity index is 469. The van der Waals surface area contributed by atoms with E-state index in [1.165, 1.54) is 18.4 Å². The second kappa shape index (κ2) is 4.57. The molecule has 4 bridgehead atoms. The van der Waals surface area contributed by atoms with Gasteiger partial charge >= 0.3 is 0 Å². The molecule has 20 heavy (non-hydrogen) atoms. The first-order chi connectivity index (χ1) is 9.63. The summed E-state index contributed by atoms with van der Waals surface area (Å²) in [4.78, 5) is 0. The van der Waals surface area contributed by atoms with Gasteiger partial charge in [0, 0.05) is 12.1 Å². The fraction of sp³-hybridized carbons (Fsp3) is 0.667. The van der Waals surface area contributed by atoms with Gasteiger partial charge < -0.3 is 10.4 Å². The molecule has 0 radical (unpaired) electrons. The van der Waals surface area contributed by atoms with Crippen molar-refractivity contribution in [2.75, 3.05) is 0 Å². The summed E-state index contributed by atoms with van der Waals surface area (Å²) >= 11 is 0. The molecule has 108 valence electrons. The molecule has 4 fully saturated rings. The highest BCUT2D eigenvalue weighted by atomic mass is 16.3. The third kappa shape index (κ3) is 2.10. The molecule has 2 heteroatoms. The van der Waals surface area contributed by atoms with Crippen LogP contribution < -0.4 is 5.32 Å². The molecule has 0 aromatic heterocycles. The summed E-state index contributed by atoms with van der Waals surface area (Å²) in [6, 6.07) is 11.8. The Kier molecular flexibility index (Phi) is 2.94. The van der Waals surface area contributed by atoms with Crippen LogP contribution in [0.4, 0.5) is 0 Å². The van der Waals surface area contributed by atoms with Crippen LogP contribution in [0.15, 0.2) is 30.3 Å². The second-order valence-electron chi connectivity index (χ2n) is 7.52. The summed E-state index contributed by atoms with van der Waals surface area (Å²) in [6.07, 6.45) is 5.79. The fourth-order valence-corrected chi connectivity index (χ4v) is 5.38. The van der Waals surface area contributed by atoms with Crippen molar-refractivity contribution in [3.63, 3.8) is 0 Å². The van der Waals surface area contributed by atoms with Crippen molar-refractivity contribution in [3.8, 4) is 0 Å². The molecule has 0 saturated heterocycles. The van der Waals surface area contributed by atoms with Gasteiger partial charge in [0.25, 0.3) is 0 Å². The van der Waals surface area contributed by atoms with E-state index in [1.807, 2.05) is 0 Å². The normalized spacial score (nSPS) is 43.7. The van der Waals surface area contributed by atoms with Crippen molar-refractivity contribution in [1.29, 1.82) is 0 Å². The Labute approximate surface area is 121 Å². The number of hydrogen-bond donors (Lipinski definition) is 2. The van der Waals surface area contributed by atoms with Crippen molar-refractivity contribution < 1.29 is 5.11 Å². The van der Waals surface area contributed by atoms with E-state index in [0.29, 0.717) is 23.9 Å². The molecule has 4 aliphatic carbocycles. The van der Waals surface area contributed by atoms with Gasteiger partial charge in [-0.25, -0.2) is 0 Å². The van der Waals surface area contributed by atoms with Crippen molar-refractivity contribution >= 4 is 0 Å². The first-order valence-corrected chi connectivity index (χ1v) is 8.16. The highest BCUT2D eigenvalue weighted by Crippen LogP contribution is 2.55. The standard InChI is InChI=1S/C18H25NO/c1-12(14-5-3-2-4-6-14)19-17-15-7-13-8-16(17)11-18(20,9-13)10-15/h2-6,12-13,15-17,19-20H,7-11H2,1H3/t12-,13?,15-,16+,17+,18-/m0/s1. The summed E-state index contributed by atoms with van der Waals surface area (Å²) in [5.41, 5.74) is 1.06. The molecular weight excluding hydrogens is 246 g/mol. The lowest BCUT2D eigenvalue weighted by molar-refractivity contribution is -0.139. The molecule has 0 aliphatic heterocycles. The summed E-state index contributed by atoms with van der Waals surface area (Å²) in [7, 11) is 0. The number of aliphatic hydroxyl groups is 1. The molecule has 1 unspecified atom stereocenters. The minimum atomic E-state index is -0.315. The van der Waals surface area contributed by atoms with Crippen LogP contribution in [0.25, 0.3) is 0 Å². The minimum absolute atomic E-state index is 0.315. The van der Waals surface area contributed by atoms with Gasteiger partial charge in [-0.2, -0.15) is 0 Å². The quantitative estimate of drug-likeness (QED) is 0.884. The third-order valence-electron chi connectivity index (χ3n) is 5.98. The summed E-state index contributed by atoms with van der Waals surface area (Å²) < 4.78 is 0. The highest BCUT2D eigenvalue weighted by Gasteiger charge is 2.54. The Morgan fingerprint density at radius 1 is 1.10 bits per heavy atom. The number of nitrogens with one attached hydrogen (secondary N) is 1. The van der Waals surface area contributed by atoms with E-state index >= 15 is 0 Å². The van der Waals surface area contributed by atoms with Crippen LogP contribution in [0.1, 0.15) is 50.6 Å². The molecule has 2 nitrogen and oxygen atoms in total. The second-order valence-corrected chi connectivity index (χ2v) is 7.52. The van der Waals surface area contributed by atoms with Gasteiger partial charge in [-0.05, 0) is 62.3 Å². The van der Waals surface area contributed by atoms with Crippen molar-refractivity contribution in [2.24, 2.45) is 17.8 Å². The Morgan fingerprint density at radius 2 is 1.75 bits per heavy atom. The van der Waals surface area contributed by atoms with Gasteiger partial charge in [-0.15, -0.1) is 0 Å². The molecular formula is C18H25NO. The molecule has 2 N–H and O–H groups in total. The Morgan fingerprint density at radius 3 is 2.35 bits per heavy atom. The van der Waals surface area contributed by atoms with Crippen molar-refractivity contribution in [1.82, 2.24) is 5.32 Å². The predicted octanol–water partition coefficient (Wildman–Crippen LogP) is 3.28. The maximum atomic E-state index is 10.6. The van der Waals surface area contributed by atoms with Crippen LogP contribution in [-0.2, 0) is 0 Å². The molecule has 1 aromatic carbocycles. The van der Waals surface area contributed by atoms with E-state index in [9.17, 15) is 5.11 Å². The van der Waals surface area contributed by atoms with Crippen LogP contribution in [0.5, 0.6) is 0 Å². The zero-order valence-electron chi connectivity index (χ0n) is 12.3. The van der Waals surface area contributed by atoms with Crippen LogP contribution >= 0.6 is 0 Å².